The van der Waals surface area contributed by atoms with Gasteiger partial charge in [-0.25, -0.2) is 9.67 Å². The van der Waals surface area contributed by atoms with Gasteiger partial charge in [0.1, 0.15) is 0 Å². The Hall–Kier alpha value is -3.65. The topological polar surface area (TPSA) is 89.8 Å². The number of nitrogens with zero attached hydrogens (tertiary/aromatic N) is 4. The van der Waals surface area contributed by atoms with Gasteiger partial charge in [0.05, 0.1) is 16.4 Å². The fourth-order valence-corrected chi connectivity index (χ4v) is 3.99. The fourth-order valence-electron chi connectivity index (χ4n) is 3.14. The van der Waals surface area contributed by atoms with Crippen LogP contribution in [0, 0.1) is 6.92 Å². The van der Waals surface area contributed by atoms with Gasteiger partial charge in [-0.3, -0.25) is 14.6 Å². The Morgan fingerprint density at radius 1 is 1.13 bits per heavy atom. The van der Waals surface area contributed by atoms with Crippen molar-refractivity contribution in [3.63, 3.8) is 0 Å². The van der Waals surface area contributed by atoms with Crippen LogP contribution in [0.1, 0.15) is 27.6 Å². The van der Waals surface area contributed by atoms with E-state index in [1.807, 2.05) is 47.8 Å². The number of rotatable bonds is 7. The van der Waals surface area contributed by atoms with Crippen LogP contribution in [0.5, 0.6) is 0 Å². The molecular weight excluding hydrogens is 410 g/mol. The Morgan fingerprint density at radius 3 is 2.68 bits per heavy atom. The molecule has 0 aliphatic heterocycles. The number of nitrogens with one attached hydrogen (secondary N) is 1. The maximum atomic E-state index is 12.6. The molecule has 156 valence electrons. The number of hydrogen-bond donors (Lipinski definition) is 1. The summed E-state index contributed by atoms with van der Waals surface area (Å²) in [5.74, 6) is -0.466. The van der Waals surface area contributed by atoms with E-state index in [1.165, 1.54) is 6.07 Å². The Morgan fingerprint density at radius 2 is 1.90 bits per heavy atom. The molecule has 4 aromatic rings. The first-order valence-corrected chi connectivity index (χ1v) is 10.8. The quantitative estimate of drug-likeness (QED) is 0.453. The van der Waals surface area contributed by atoms with Gasteiger partial charge >= 0.3 is 0 Å². The van der Waals surface area contributed by atoms with Gasteiger partial charge < -0.3 is 5.32 Å². The summed E-state index contributed by atoms with van der Waals surface area (Å²) in [7, 11) is 0. The average Bonchev–Trinajstić information content (AvgIpc) is 3.27. The molecule has 1 aromatic carbocycles. The van der Waals surface area contributed by atoms with E-state index in [1.54, 1.807) is 35.3 Å². The highest BCUT2D eigenvalue weighted by Crippen LogP contribution is 2.21. The number of benzene rings is 1. The third-order valence-electron chi connectivity index (χ3n) is 4.70. The van der Waals surface area contributed by atoms with Crippen molar-refractivity contribution in [1.29, 1.82) is 0 Å². The lowest BCUT2D eigenvalue weighted by atomic mass is 10.2. The number of aromatic nitrogens is 4. The molecule has 0 spiro atoms. The first kappa shape index (κ1) is 20.6. The Labute approximate surface area is 183 Å². The van der Waals surface area contributed by atoms with Gasteiger partial charge in [-0.15, -0.1) is 11.3 Å². The molecule has 1 N–H and O–H groups in total. The molecule has 0 bridgehead atoms. The lowest BCUT2D eigenvalue weighted by molar-refractivity contribution is 0.0945. The van der Waals surface area contributed by atoms with Gasteiger partial charge in [0.2, 0.25) is 5.43 Å². The number of hydrogen-bond acceptors (Lipinski definition) is 6. The molecular formula is C23H21N5O2S. The molecule has 0 aliphatic carbocycles. The maximum Gasteiger partial charge on any atom is 0.275 e. The Balaban J connectivity index is 1.36. The minimum absolute atomic E-state index is 0.108. The van der Waals surface area contributed by atoms with Gasteiger partial charge in [0.25, 0.3) is 5.91 Å². The summed E-state index contributed by atoms with van der Waals surface area (Å²) in [5.41, 5.74) is 2.93. The molecule has 8 heteroatoms. The van der Waals surface area contributed by atoms with Crippen molar-refractivity contribution in [1.82, 2.24) is 25.1 Å². The number of carbonyl (C=O) groups excluding carboxylic acids is 1. The summed E-state index contributed by atoms with van der Waals surface area (Å²) in [5, 5.41) is 10.1. The number of aryl methyl sites for hydroxylation is 2. The highest BCUT2D eigenvalue weighted by Gasteiger charge is 2.15. The molecule has 0 saturated carbocycles. The second kappa shape index (κ2) is 9.44. The zero-order valence-electron chi connectivity index (χ0n) is 17.0. The van der Waals surface area contributed by atoms with E-state index in [0.717, 1.165) is 28.4 Å². The number of pyridine rings is 1. The average molecular weight is 432 g/mol. The van der Waals surface area contributed by atoms with E-state index in [2.05, 4.69) is 20.4 Å². The minimum Gasteiger partial charge on any atom is -0.351 e. The summed E-state index contributed by atoms with van der Waals surface area (Å²) in [6, 6.07) is 14.7. The summed E-state index contributed by atoms with van der Waals surface area (Å²) >= 11 is 1.59. The molecule has 7 nitrogen and oxygen atoms in total. The lowest BCUT2D eigenvalue weighted by Gasteiger charge is -2.11. The number of carbonyl (C=O) groups is 1. The third-order valence-corrected chi connectivity index (χ3v) is 5.61. The summed E-state index contributed by atoms with van der Waals surface area (Å²) in [6.45, 7) is 2.22. The monoisotopic (exact) mass is 431 g/mol. The fraction of sp³-hybridized carbons (Fsp3) is 0.174. The van der Waals surface area contributed by atoms with Gasteiger partial charge in [-0.05, 0) is 37.6 Å². The minimum atomic E-state index is -0.466. The molecule has 4 rings (SSSR count). The lowest BCUT2D eigenvalue weighted by Crippen LogP contribution is -2.32. The highest BCUT2D eigenvalue weighted by molar-refractivity contribution is 7.09. The predicted octanol–water partition coefficient (Wildman–Crippen LogP) is 3.42. The molecule has 1 amide bonds. The number of thiazole rings is 1. The van der Waals surface area contributed by atoms with Crippen molar-refractivity contribution in [2.75, 3.05) is 6.54 Å². The second-order valence-corrected chi connectivity index (χ2v) is 7.91. The van der Waals surface area contributed by atoms with Crippen LogP contribution in [0.3, 0.4) is 0 Å². The van der Waals surface area contributed by atoms with Crippen LogP contribution in [0.2, 0.25) is 0 Å². The molecule has 3 heterocycles. The summed E-state index contributed by atoms with van der Waals surface area (Å²) < 4.78 is 1.60. The molecule has 0 fully saturated rings. The van der Waals surface area contributed by atoms with Crippen molar-refractivity contribution < 1.29 is 4.79 Å². The standard InChI is InChI=1S/C23H21N5O2S/c1-16-14-20(29)22(27-28(16)18-6-3-2-4-7-18)23(30)25-11-5-8-21-26-19(15-31-21)17-9-12-24-13-10-17/h2-4,6-7,9-10,12-15H,5,8,11H2,1H3,(H,25,30). The first-order valence-electron chi connectivity index (χ1n) is 9.91. The van der Waals surface area contributed by atoms with Crippen molar-refractivity contribution in [2.45, 2.75) is 19.8 Å². The predicted molar refractivity (Wildman–Crippen MR) is 121 cm³/mol. The van der Waals surface area contributed by atoms with Gasteiger partial charge in [0, 0.05) is 48.1 Å². The van der Waals surface area contributed by atoms with E-state index in [-0.39, 0.29) is 11.1 Å². The zero-order chi connectivity index (χ0) is 21.6. The van der Waals surface area contributed by atoms with E-state index in [0.29, 0.717) is 18.7 Å². The molecule has 0 aliphatic rings. The Kier molecular flexibility index (Phi) is 6.28. The van der Waals surface area contributed by atoms with Crippen LogP contribution in [-0.2, 0) is 6.42 Å². The first-order chi connectivity index (χ1) is 15.1. The van der Waals surface area contributed by atoms with Gasteiger partial charge in [-0.2, -0.15) is 5.10 Å². The zero-order valence-corrected chi connectivity index (χ0v) is 17.8. The normalized spacial score (nSPS) is 10.7. The van der Waals surface area contributed by atoms with Crippen LogP contribution >= 0.6 is 11.3 Å². The Bertz CT molecular complexity index is 1240. The molecule has 0 atom stereocenters. The van der Waals surface area contributed by atoms with Crippen molar-refractivity contribution in [3.8, 4) is 16.9 Å². The third kappa shape index (κ3) is 4.92. The van der Waals surface area contributed by atoms with E-state index in [9.17, 15) is 9.59 Å². The van der Waals surface area contributed by atoms with Crippen LogP contribution in [0.4, 0.5) is 0 Å². The van der Waals surface area contributed by atoms with E-state index >= 15 is 0 Å². The SMILES string of the molecule is Cc1cc(=O)c(C(=O)NCCCc2nc(-c3ccncc3)cs2)nn1-c1ccccc1. The van der Waals surface area contributed by atoms with Crippen LogP contribution in [0.25, 0.3) is 16.9 Å². The van der Waals surface area contributed by atoms with Crippen molar-refractivity contribution in [2.24, 2.45) is 0 Å². The van der Waals surface area contributed by atoms with E-state index < -0.39 is 5.91 Å². The largest absolute Gasteiger partial charge is 0.351 e. The summed E-state index contributed by atoms with van der Waals surface area (Å²) in [6.07, 6.45) is 4.95. The second-order valence-electron chi connectivity index (χ2n) is 6.97. The van der Waals surface area contributed by atoms with Crippen molar-refractivity contribution in [3.05, 3.63) is 92.9 Å². The molecule has 3 aromatic heterocycles. The van der Waals surface area contributed by atoms with Crippen LogP contribution < -0.4 is 10.7 Å². The van der Waals surface area contributed by atoms with Crippen LogP contribution in [-0.4, -0.2) is 32.2 Å². The van der Waals surface area contributed by atoms with Crippen LogP contribution in [0.15, 0.2) is 71.1 Å². The van der Waals surface area contributed by atoms with Crippen molar-refractivity contribution >= 4 is 17.2 Å². The van der Waals surface area contributed by atoms with Gasteiger partial charge in [0.15, 0.2) is 5.69 Å². The molecule has 31 heavy (non-hydrogen) atoms. The van der Waals surface area contributed by atoms with E-state index in [4.69, 9.17) is 0 Å². The smallest absolute Gasteiger partial charge is 0.275 e. The number of amides is 1. The highest BCUT2D eigenvalue weighted by atomic mass is 32.1. The number of para-hydroxylation sites is 1. The molecule has 0 radical (unpaired) electrons. The maximum absolute atomic E-state index is 12.6. The summed E-state index contributed by atoms with van der Waals surface area (Å²) in [4.78, 5) is 33.5. The van der Waals surface area contributed by atoms with Gasteiger partial charge in [-0.1, -0.05) is 18.2 Å². The molecule has 0 unspecified atom stereocenters. The molecule has 0 saturated heterocycles.